The Kier molecular flexibility index (Phi) is 4.05. The number of hydrogen-bond donors (Lipinski definition) is 0. The second-order valence-electron chi connectivity index (χ2n) is 11.2. The summed E-state index contributed by atoms with van der Waals surface area (Å²) < 4.78 is 22.7. The van der Waals surface area contributed by atoms with Gasteiger partial charge in [0.1, 0.15) is 29.4 Å². The van der Waals surface area contributed by atoms with E-state index in [0.29, 0.717) is 19.3 Å². The number of ketones is 2. The molecule has 4 heterocycles. The quantitative estimate of drug-likeness (QED) is 0.622. The Morgan fingerprint density at radius 1 is 1.15 bits per heavy atom. The molecule has 1 aromatic heterocycles. The van der Waals surface area contributed by atoms with Crippen LogP contribution >= 0.6 is 0 Å². The summed E-state index contributed by atoms with van der Waals surface area (Å²) in [5, 5.41) is 0. The molecule has 3 aliphatic heterocycles. The highest BCUT2D eigenvalue weighted by Gasteiger charge is 2.85. The summed E-state index contributed by atoms with van der Waals surface area (Å²) in [6, 6.07) is 1.79. The van der Waals surface area contributed by atoms with Gasteiger partial charge in [0.25, 0.3) is 0 Å². The minimum absolute atomic E-state index is 0.00490. The highest BCUT2D eigenvalue weighted by Crippen LogP contribution is 2.82. The first kappa shape index (κ1) is 21.1. The number of fused-ring (bicyclic) bond motifs is 1. The molecule has 0 amide bonds. The van der Waals surface area contributed by atoms with Crippen molar-refractivity contribution in [2.45, 2.75) is 82.7 Å². The van der Waals surface area contributed by atoms with Gasteiger partial charge < -0.3 is 18.6 Å². The van der Waals surface area contributed by atoms with Crippen molar-refractivity contribution in [1.82, 2.24) is 0 Å². The van der Waals surface area contributed by atoms with E-state index in [-0.39, 0.29) is 54.8 Å². The number of furan rings is 1. The van der Waals surface area contributed by atoms with Gasteiger partial charge in [-0.1, -0.05) is 0 Å². The van der Waals surface area contributed by atoms with E-state index in [1.54, 1.807) is 18.6 Å². The predicted octanol–water partition coefficient (Wildman–Crippen LogP) is 3.08. The van der Waals surface area contributed by atoms with Gasteiger partial charge in [0.05, 0.1) is 30.0 Å². The Morgan fingerprint density at radius 2 is 1.94 bits per heavy atom. The number of Topliss-reactive ketones (excluding diaryl/α,β-unsaturated/α-hetero) is 2. The summed E-state index contributed by atoms with van der Waals surface area (Å²) in [7, 11) is 0. The van der Waals surface area contributed by atoms with Crippen molar-refractivity contribution in [3.8, 4) is 0 Å². The first-order valence-electron chi connectivity index (χ1n) is 11.7. The van der Waals surface area contributed by atoms with Crippen molar-refractivity contribution in [1.29, 1.82) is 0 Å². The van der Waals surface area contributed by atoms with Crippen LogP contribution in [0.2, 0.25) is 0 Å². The maximum atomic E-state index is 13.4. The molecule has 0 unspecified atom stereocenters. The molecule has 0 bridgehead atoms. The lowest BCUT2D eigenvalue weighted by atomic mass is 9.67. The second-order valence-corrected chi connectivity index (χ2v) is 11.2. The molecule has 176 valence electrons. The molecule has 3 saturated heterocycles. The third kappa shape index (κ3) is 2.56. The molecule has 0 spiro atoms. The zero-order valence-corrected chi connectivity index (χ0v) is 19.1. The molecule has 1 aromatic rings. The molecule has 2 saturated carbocycles. The standard InChI is InChI=1S/C25H28O8/c1-22(2)17(23(3)18(32-22)10-19(28)33-23)9-14(26)8-15-16(27)4-6-24-12-25(15,24)21(29)31-20(24)13-5-7-30-11-13/h5,7,11,15,17-18,20H,4,6,8-10,12H2,1-3H3/t15-,17-,18-,20-,23+,24+,25+/m0/s1. The lowest BCUT2D eigenvalue weighted by Crippen LogP contribution is -2.44. The van der Waals surface area contributed by atoms with Crippen molar-refractivity contribution in [2.24, 2.45) is 22.7 Å². The fourth-order valence-corrected chi connectivity index (χ4v) is 7.62. The van der Waals surface area contributed by atoms with Crippen LogP contribution in [-0.4, -0.2) is 40.8 Å². The number of rotatable bonds is 5. The second kappa shape index (κ2) is 6.34. The topological polar surface area (TPSA) is 109 Å². The van der Waals surface area contributed by atoms with Gasteiger partial charge in [0.2, 0.25) is 0 Å². The van der Waals surface area contributed by atoms with Crippen LogP contribution in [0.5, 0.6) is 0 Å². The molecule has 2 aliphatic carbocycles. The van der Waals surface area contributed by atoms with E-state index < -0.39 is 34.1 Å². The number of ether oxygens (including phenoxy) is 3. The van der Waals surface area contributed by atoms with E-state index in [1.165, 1.54) is 0 Å². The van der Waals surface area contributed by atoms with Crippen LogP contribution in [0.3, 0.4) is 0 Å². The molecule has 0 aromatic carbocycles. The lowest BCUT2D eigenvalue weighted by molar-refractivity contribution is -0.154. The average Bonchev–Trinajstić information content (AvgIpc) is 3.00. The number of esters is 2. The number of cyclic esters (lactones) is 1. The van der Waals surface area contributed by atoms with Gasteiger partial charge in [0.15, 0.2) is 0 Å². The minimum atomic E-state index is -0.923. The normalized spacial score (nSPS) is 44.6. The summed E-state index contributed by atoms with van der Waals surface area (Å²) in [5.41, 5.74) is -2.08. The van der Waals surface area contributed by atoms with E-state index in [4.69, 9.17) is 18.6 Å². The van der Waals surface area contributed by atoms with E-state index >= 15 is 0 Å². The molecular formula is C25H28O8. The van der Waals surface area contributed by atoms with Gasteiger partial charge in [-0.3, -0.25) is 19.2 Å². The van der Waals surface area contributed by atoms with Crippen LogP contribution < -0.4 is 0 Å². The molecule has 0 N–H and O–H groups in total. The minimum Gasteiger partial charge on any atom is -0.472 e. The summed E-state index contributed by atoms with van der Waals surface area (Å²) in [5.74, 6) is -1.86. The van der Waals surface area contributed by atoms with Crippen molar-refractivity contribution in [3.63, 3.8) is 0 Å². The van der Waals surface area contributed by atoms with Gasteiger partial charge in [-0.2, -0.15) is 0 Å². The molecule has 5 fully saturated rings. The summed E-state index contributed by atoms with van der Waals surface area (Å²) in [6.07, 6.45) is 4.09. The van der Waals surface area contributed by atoms with Gasteiger partial charge in [-0.15, -0.1) is 0 Å². The Morgan fingerprint density at radius 3 is 2.67 bits per heavy atom. The van der Waals surface area contributed by atoms with Crippen LogP contribution in [-0.2, 0) is 33.4 Å². The molecule has 7 atom stereocenters. The Labute approximate surface area is 191 Å². The van der Waals surface area contributed by atoms with E-state index in [9.17, 15) is 19.2 Å². The fourth-order valence-electron chi connectivity index (χ4n) is 7.62. The average molecular weight is 456 g/mol. The monoisotopic (exact) mass is 456 g/mol. The zero-order chi connectivity index (χ0) is 23.4. The molecule has 8 nitrogen and oxygen atoms in total. The largest absolute Gasteiger partial charge is 0.472 e. The molecule has 5 aliphatic rings. The number of carbonyl (C=O) groups excluding carboxylic acids is 4. The maximum absolute atomic E-state index is 13.4. The van der Waals surface area contributed by atoms with Crippen molar-refractivity contribution in [3.05, 3.63) is 24.2 Å². The first-order chi connectivity index (χ1) is 15.5. The highest BCUT2D eigenvalue weighted by molar-refractivity contribution is 5.99. The van der Waals surface area contributed by atoms with E-state index in [0.717, 1.165) is 5.56 Å². The number of carbonyl (C=O) groups is 4. The zero-order valence-electron chi connectivity index (χ0n) is 19.1. The number of hydrogen-bond acceptors (Lipinski definition) is 8. The van der Waals surface area contributed by atoms with E-state index in [2.05, 4.69) is 0 Å². The van der Waals surface area contributed by atoms with Crippen LogP contribution in [0.15, 0.2) is 23.0 Å². The highest BCUT2D eigenvalue weighted by atomic mass is 16.6. The van der Waals surface area contributed by atoms with Gasteiger partial charge in [0, 0.05) is 42.1 Å². The third-order valence-electron chi connectivity index (χ3n) is 9.26. The Balaban J connectivity index is 1.24. The fraction of sp³-hybridized carbons (Fsp3) is 0.680. The molecule has 6 rings (SSSR count). The first-order valence-corrected chi connectivity index (χ1v) is 11.7. The van der Waals surface area contributed by atoms with Crippen LogP contribution in [0.25, 0.3) is 0 Å². The van der Waals surface area contributed by atoms with Crippen molar-refractivity contribution >= 4 is 23.5 Å². The summed E-state index contributed by atoms with van der Waals surface area (Å²) >= 11 is 0. The molecule has 0 radical (unpaired) electrons. The third-order valence-corrected chi connectivity index (χ3v) is 9.26. The Bertz CT molecular complexity index is 1070. The summed E-state index contributed by atoms with van der Waals surface area (Å²) in [6.45, 7) is 5.64. The van der Waals surface area contributed by atoms with Crippen molar-refractivity contribution < 1.29 is 37.8 Å². The maximum Gasteiger partial charge on any atom is 0.314 e. The molecule has 33 heavy (non-hydrogen) atoms. The summed E-state index contributed by atoms with van der Waals surface area (Å²) in [4.78, 5) is 51.4. The van der Waals surface area contributed by atoms with Gasteiger partial charge in [-0.05, 0) is 39.7 Å². The Hall–Kier alpha value is -2.48. The van der Waals surface area contributed by atoms with Gasteiger partial charge >= 0.3 is 11.9 Å². The molecular weight excluding hydrogens is 428 g/mol. The van der Waals surface area contributed by atoms with Crippen LogP contribution in [0, 0.1) is 22.7 Å². The van der Waals surface area contributed by atoms with Crippen LogP contribution in [0.4, 0.5) is 0 Å². The van der Waals surface area contributed by atoms with Gasteiger partial charge in [-0.25, -0.2) is 0 Å². The van der Waals surface area contributed by atoms with Crippen LogP contribution in [0.1, 0.15) is 71.0 Å². The molecule has 8 heteroatoms. The SMILES string of the molecule is CC1(C)O[C@H]2CC(=O)O[C@]2(C)[C@H]1CC(=O)C[C@H]1C(=O)CC[C@]23C[C@]12C(=O)O[C@H]3c1ccoc1. The van der Waals surface area contributed by atoms with Crippen molar-refractivity contribution in [2.75, 3.05) is 0 Å². The predicted molar refractivity (Wildman–Crippen MR) is 111 cm³/mol. The lowest BCUT2D eigenvalue weighted by Gasteiger charge is -2.34. The smallest absolute Gasteiger partial charge is 0.314 e. The van der Waals surface area contributed by atoms with E-state index in [1.807, 2.05) is 20.8 Å².